The Bertz CT molecular complexity index is 516. The van der Waals surface area contributed by atoms with Gasteiger partial charge in [0.1, 0.15) is 5.82 Å². The number of nitrogens with zero attached hydrogens (tertiary/aromatic N) is 1. The van der Waals surface area contributed by atoms with Crippen LogP contribution in [0.25, 0.3) is 0 Å². The zero-order chi connectivity index (χ0) is 14.3. The number of hydrogen-bond donors (Lipinski definition) is 1. The van der Waals surface area contributed by atoms with Crippen LogP contribution in [0.2, 0.25) is 5.02 Å². The number of carbonyl (C=O) groups is 1. The van der Waals surface area contributed by atoms with Gasteiger partial charge in [0.25, 0.3) is 0 Å². The Kier molecular flexibility index (Phi) is 3.69. The van der Waals surface area contributed by atoms with Crippen LogP contribution in [0, 0.1) is 17.7 Å². The molecule has 1 aliphatic heterocycles. The minimum atomic E-state index is -0.415. The quantitative estimate of drug-likeness (QED) is 0.909. The van der Waals surface area contributed by atoms with Crippen molar-refractivity contribution in [2.24, 2.45) is 17.6 Å². The topological polar surface area (TPSA) is 46.3 Å². The number of halogens is 2. The second-order valence-corrected chi connectivity index (χ2v) is 6.25. The first-order chi connectivity index (χ1) is 9.56. The summed E-state index contributed by atoms with van der Waals surface area (Å²) in [4.78, 5) is 14.1. The molecule has 2 N–H and O–H groups in total. The first kappa shape index (κ1) is 13.8. The molecule has 5 heteroatoms. The number of benzene rings is 1. The van der Waals surface area contributed by atoms with Crippen molar-refractivity contribution in [3.63, 3.8) is 0 Å². The van der Waals surface area contributed by atoms with Crippen LogP contribution in [0.1, 0.15) is 18.4 Å². The van der Waals surface area contributed by atoms with Crippen LogP contribution in [0.15, 0.2) is 18.2 Å². The first-order valence-electron chi connectivity index (χ1n) is 7.02. The smallest absolute Gasteiger partial charge is 0.227 e. The predicted octanol–water partition coefficient (Wildman–Crippen LogP) is 2.22. The number of amides is 1. The summed E-state index contributed by atoms with van der Waals surface area (Å²) in [6, 6.07) is 4.70. The van der Waals surface area contributed by atoms with Gasteiger partial charge in [-0.1, -0.05) is 17.7 Å². The van der Waals surface area contributed by atoms with Gasteiger partial charge in [-0.25, -0.2) is 4.39 Å². The van der Waals surface area contributed by atoms with Gasteiger partial charge in [0.15, 0.2) is 0 Å². The van der Waals surface area contributed by atoms with E-state index < -0.39 is 5.82 Å². The van der Waals surface area contributed by atoms with E-state index in [1.54, 1.807) is 12.1 Å². The van der Waals surface area contributed by atoms with Crippen LogP contribution >= 0.6 is 11.6 Å². The molecule has 2 fully saturated rings. The number of fused-ring (bicyclic) bond motifs is 1. The fourth-order valence-electron chi connectivity index (χ4n) is 3.48. The Morgan fingerprint density at radius 1 is 1.40 bits per heavy atom. The van der Waals surface area contributed by atoms with E-state index in [1.807, 2.05) is 4.90 Å². The van der Waals surface area contributed by atoms with E-state index >= 15 is 0 Å². The van der Waals surface area contributed by atoms with Crippen molar-refractivity contribution >= 4 is 17.5 Å². The summed E-state index contributed by atoms with van der Waals surface area (Å²) >= 11 is 5.97. The molecule has 0 aromatic heterocycles. The number of hydrogen-bond acceptors (Lipinski definition) is 2. The third-order valence-corrected chi connectivity index (χ3v) is 5.01. The van der Waals surface area contributed by atoms with E-state index in [0.29, 0.717) is 29.0 Å². The van der Waals surface area contributed by atoms with Crippen molar-refractivity contribution in [2.45, 2.75) is 25.3 Å². The molecule has 1 heterocycles. The van der Waals surface area contributed by atoms with Crippen LogP contribution in [0.5, 0.6) is 0 Å². The molecule has 1 aliphatic carbocycles. The van der Waals surface area contributed by atoms with Gasteiger partial charge in [0.05, 0.1) is 6.42 Å². The molecule has 108 valence electrons. The maximum atomic E-state index is 13.7. The van der Waals surface area contributed by atoms with Crippen LogP contribution < -0.4 is 5.73 Å². The SMILES string of the molecule is NC1CCC2CN(C(=O)Cc3c(F)cccc3Cl)CC12. The Morgan fingerprint density at radius 2 is 2.20 bits per heavy atom. The standard InChI is InChI=1S/C15H18ClFN2O/c16-12-2-1-3-13(17)10(12)6-15(20)19-7-9-4-5-14(18)11(9)8-19/h1-3,9,11,14H,4-8,18H2. The Balaban J connectivity index is 1.69. The lowest BCUT2D eigenvalue weighted by molar-refractivity contribution is -0.129. The summed E-state index contributed by atoms with van der Waals surface area (Å²) in [5.74, 6) is 0.459. The highest BCUT2D eigenvalue weighted by Crippen LogP contribution is 2.37. The zero-order valence-corrected chi connectivity index (χ0v) is 11.9. The largest absolute Gasteiger partial charge is 0.342 e. The number of rotatable bonds is 2. The average Bonchev–Trinajstić information content (AvgIpc) is 2.97. The minimum absolute atomic E-state index is 0.0280. The maximum absolute atomic E-state index is 13.7. The molecule has 3 atom stereocenters. The van der Waals surface area contributed by atoms with Gasteiger partial charge in [-0.2, -0.15) is 0 Å². The zero-order valence-electron chi connectivity index (χ0n) is 11.2. The third kappa shape index (κ3) is 2.42. The summed E-state index contributed by atoms with van der Waals surface area (Å²) in [5, 5.41) is 0.314. The molecule has 1 saturated heterocycles. The van der Waals surface area contributed by atoms with Gasteiger partial charge in [-0.15, -0.1) is 0 Å². The van der Waals surface area contributed by atoms with Crippen LogP contribution in [-0.2, 0) is 11.2 Å². The highest BCUT2D eigenvalue weighted by Gasteiger charge is 2.42. The van der Waals surface area contributed by atoms with Crippen LogP contribution in [-0.4, -0.2) is 29.9 Å². The lowest BCUT2D eigenvalue weighted by Gasteiger charge is -2.19. The van der Waals surface area contributed by atoms with Gasteiger partial charge < -0.3 is 10.6 Å². The van der Waals surface area contributed by atoms with Crippen molar-refractivity contribution in [3.05, 3.63) is 34.6 Å². The minimum Gasteiger partial charge on any atom is -0.342 e. The van der Waals surface area contributed by atoms with E-state index in [1.165, 1.54) is 6.07 Å². The highest BCUT2D eigenvalue weighted by molar-refractivity contribution is 6.31. The molecule has 3 nitrogen and oxygen atoms in total. The Labute approximate surface area is 122 Å². The molecule has 3 rings (SSSR count). The number of nitrogens with two attached hydrogens (primary N) is 1. The molecule has 3 unspecified atom stereocenters. The number of likely N-dealkylation sites (tertiary alicyclic amines) is 1. The van der Waals surface area contributed by atoms with Gasteiger partial charge >= 0.3 is 0 Å². The van der Waals surface area contributed by atoms with E-state index in [9.17, 15) is 9.18 Å². The fourth-order valence-corrected chi connectivity index (χ4v) is 3.71. The molecule has 1 aromatic carbocycles. The second kappa shape index (κ2) is 5.34. The Morgan fingerprint density at radius 3 is 2.90 bits per heavy atom. The molecular formula is C15H18ClFN2O. The van der Waals surface area contributed by atoms with E-state index in [0.717, 1.165) is 19.4 Å². The fraction of sp³-hybridized carbons (Fsp3) is 0.533. The van der Waals surface area contributed by atoms with Crippen molar-refractivity contribution in [2.75, 3.05) is 13.1 Å². The van der Waals surface area contributed by atoms with Gasteiger partial charge in [0.2, 0.25) is 5.91 Å². The van der Waals surface area contributed by atoms with Crippen molar-refractivity contribution < 1.29 is 9.18 Å². The Hall–Kier alpha value is -1.13. The van der Waals surface area contributed by atoms with E-state index in [-0.39, 0.29) is 18.4 Å². The van der Waals surface area contributed by atoms with E-state index in [2.05, 4.69) is 0 Å². The number of carbonyl (C=O) groups excluding carboxylic acids is 1. The third-order valence-electron chi connectivity index (χ3n) is 4.65. The van der Waals surface area contributed by atoms with Crippen molar-refractivity contribution in [1.82, 2.24) is 4.90 Å². The molecule has 1 amide bonds. The van der Waals surface area contributed by atoms with Crippen LogP contribution in [0.3, 0.4) is 0 Å². The molecule has 0 spiro atoms. The molecule has 1 saturated carbocycles. The first-order valence-corrected chi connectivity index (χ1v) is 7.40. The normalized spacial score (nSPS) is 28.8. The maximum Gasteiger partial charge on any atom is 0.227 e. The summed E-state index contributed by atoms with van der Waals surface area (Å²) in [6.45, 7) is 1.46. The molecule has 0 bridgehead atoms. The summed E-state index contributed by atoms with van der Waals surface area (Å²) in [7, 11) is 0. The monoisotopic (exact) mass is 296 g/mol. The van der Waals surface area contributed by atoms with Gasteiger partial charge in [-0.05, 0) is 36.8 Å². The molecule has 2 aliphatic rings. The lowest BCUT2D eigenvalue weighted by Crippen LogP contribution is -2.34. The molecule has 1 aromatic rings. The summed E-state index contributed by atoms with van der Waals surface area (Å²) in [5.41, 5.74) is 6.36. The van der Waals surface area contributed by atoms with E-state index in [4.69, 9.17) is 17.3 Å². The highest BCUT2D eigenvalue weighted by atomic mass is 35.5. The molecule has 0 radical (unpaired) electrons. The lowest BCUT2D eigenvalue weighted by atomic mass is 9.98. The molecule has 20 heavy (non-hydrogen) atoms. The average molecular weight is 297 g/mol. The summed E-state index contributed by atoms with van der Waals surface area (Å²) in [6.07, 6.45) is 2.17. The predicted molar refractivity (Wildman–Crippen MR) is 75.9 cm³/mol. The van der Waals surface area contributed by atoms with Gasteiger partial charge in [-0.3, -0.25) is 4.79 Å². The van der Waals surface area contributed by atoms with Crippen molar-refractivity contribution in [1.29, 1.82) is 0 Å². The van der Waals surface area contributed by atoms with Crippen molar-refractivity contribution in [3.8, 4) is 0 Å². The van der Waals surface area contributed by atoms with Crippen LogP contribution in [0.4, 0.5) is 4.39 Å². The molecular weight excluding hydrogens is 279 g/mol. The second-order valence-electron chi connectivity index (χ2n) is 5.84. The summed E-state index contributed by atoms with van der Waals surface area (Å²) < 4.78 is 13.7. The van der Waals surface area contributed by atoms with Gasteiger partial charge in [0, 0.05) is 29.7 Å².